The lowest BCUT2D eigenvalue weighted by Crippen LogP contribution is -2.52. The molecule has 1 N–H and O–H groups in total. The molecule has 0 saturated heterocycles. The molecule has 0 amide bonds. The molecule has 0 aromatic carbocycles. The zero-order valence-electron chi connectivity index (χ0n) is 34.5. The van der Waals surface area contributed by atoms with Gasteiger partial charge in [0.25, 0.3) is 0 Å². The van der Waals surface area contributed by atoms with Crippen LogP contribution in [-0.4, -0.2) is 69.5 Å². The standard InChI is InChI=1S/C19H46O2Si3.C14H31NO2.C4H9Br/c1-11-12-14-17-22(5,6)20-24(9,10)21-23(7,8)18-15-13-16-19(2,3)4;1-14(2,3)8-5-6-10-16-12-13-17-11-7-9-15-4;1-4(2,3)5/h11-18H2,1-10H3;15H,5-13H2,1-4H3;1-3H3. The van der Waals surface area contributed by atoms with E-state index in [4.69, 9.17) is 17.7 Å². The highest BCUT2D eigenvalue weighted by Crippen LogP contribution is 2.28. The van der Waals surface area contributed by atoms with Crippen molar-refractivity contribution in [2.24, 2.45) is 10.8 Å². The maximum Gasteiger partial charge on any atom is 0.311 e. The van der Waals surface area contributed by atoms with Crippen LogP contribution in [0.15, 0.2) is 0 Å². The summed E-state index contributed by atoms with van der Waals surface area (Å²) >= 11 is 3.38. The van der Waals surface area contributed by atoms with Crippen molar-refractivity contribution in [3.05, 3.63) is 0 Å². The van der Waals surface area contributed by atoms with Gasteiger partial charge in [0.05, 0.1) is 13.2 Å². The van der Waals surface area contributed by atoms with Gasteiger partial charge in [-0.1, -0.05) is 124 Å². The predicted octanol–water partition coefficient (Wildman–Crippen LogP) is 12.6. The van der Waals surface area contributed by atoms with Crippen molar-refractivity contribution in [1.29, 1.82) is 0 Å². The highest BCUT2D eigenvalue weighted by molar-refractivity contribution is 9.10. The lowest BCUT2D eigenvalue weighted by molar-refractivity contribution is 0.0451. The van der Waals surface area contributed by atoms with E-state index >= 15 is 0 Å². The molecule has 9 heteroatoms. The molecule has 0 aromatic heterocycles. The molecule has 0 aromatic rings. The van der Waals surface area contributed by atoms with Crippen LogP contribution in [0.5, 0.6) is 0 Å². The van der Waals surface area contributed by atoms with Crippen LogP contribution in [0.25, 0.3) is 0 Å². The summed E-state index contributed by atoms with van der Waals surface area (Å²) in [6.07, 6.45) is 12.6. The summed E-state index contributed by atoms with van der Waals surface area (Å²) in [6, 6.07) is 2.54. The fourth-order valence-electron chi connectivity index (χ4n) is 4.99. The molecule has 0 saturated carbocycles. The fourth-order valence-corrected chi connectivity index (χ4v) is 19.2. The average Bonchev–Trinajstić information content (AvgIpc) is 2.82. The molecule has 0 unspecified atom stereocenters. The molecule has 0 atom stereocenters. The van der Waals surface area contributed by atoms with Gasteiger partial charge in [-0.15, -0.1) is 0 Å². The SMILES string of the molecule is CC(C)(C)Br.CCCCC[Si](C)(C)O[Si](C)(C)O[Si](C)(C)CCCCC(C)(C)C.CNCCCOCCOCCCCC(C)(C)C. The smallest absolute Gasteiger partial charge is 0.311 e. The Morgan fingerprint density at radius 2 is 0.913 bits per heavy atom. The van der Waals surface area contributed by atoms with E-state index in [0.717, 1.165) is 45.8 Å². The van der Waals surface area contributed by atoms with E-state index in [1.54, 1.807) is 0 Å². The highest BCUT2D eigenvalue weighted by atomic mass is 79.9. The molecule has 0 rings (SSSR count). The lowest BCUT2D eigenvalue weighted by Gasteiger charge is -2.39. The highest BCUT2D eigenvalue weighted by Gasteiger charge is 2.39. The Morgan fingerprint density at radius 1 is 0.543 bits per heavy atom. The van der Waals surface area contributed by atoms with Gasteiger partial charge in [0.1, 0.15) is 0 Å². The predicted molar refractivity (Wildman–Crippen MR) is 219 cm³/mol. The quantitative estimate of drug-likeness (QED) is 0.0637. The molecule has 46 heavy (non-hydrogen) atoms. The van der Waals surface area contributed by atoms with Crippen LogP contribution in [0, 0.1) is 10.8 Å². The maximum absolute atomic E-state index is 6.69. The van der Waals surface area contributed by atoms with Crippen LogP contribution in [0.1, 0.15) is 133 Å². The van der Waals surface area contributed by atoms with Gasteiger partial charge >= 0.3 is 8.56 Å². The first kappa shape index (κ1) is 51.3. The number of hydrogen-bond acceptors (Lipinski definition) is 5. The Labute approximate surface area is 302 Å². The van der Waals surface area contributed by atoms with Crippen LogP contribution in [-0.2, 0) is 17.7 Å². The Balaban J connectivity index is -0.000000729. The van der Waals surface area contributed by atoms with E-state index in [9.17, 15) is 0 Å². The first-order valence-electron chi connectivity index (χ1n) is 18.6. The second-order valence-corrected chi connectivity index (χ2v) is 33.0. The van der Waals surface area contributed by atoms with Gasteiger partial charge in [-0.2, -0.15) is 0 Å². The molecule has 5 nitrogen and oxygen atoms in total. The summed E-state index contributed by atoms with van der Waals surface area (Å²) in [5.74, 6) is 0. The third-order valence-corrected chi connectivity index (χ3v) is 18.4. The van der Waals surface area contributed by atoms with Crippen molar-refractivity contribution in [2.75, 3.05) is 40.0 Å². The molecule has 0 radical (unpaired) electrons. The van der Waals surface area contributed by atoms with Crippen molar-refractivity contribution in [3.8, 4) is 0 Å². The van der Waals surface area contributed by atoms with E-state index in [2.05, 4.69) is 130 Å². The lowest BCUT2D eigenvalue weighted by atomic mass is 9.90. The van der Waals surface area contributed by atoms with Gasteiger partial charge in [-0.3, -0.25) is 0 Å². The van der Waals surface area contributed by atoms with E-state index in [1.165, 1.54) is 63.5 Å². The van der Waals surface area contributed by atoms with Crippen LogP contribution < -0.4 is 5.32 Å². The van der Waals surface area contributed by atoms with Gasteiger partial charge in [0.15, 0.2) is 16.6 Å². The van der Waals surface area contributed by atoms with E-state index in [-0.39, 0.29) is 0 Å². The van der Waals surface area contributed by atoms with E-state index in [1.807, 2.05) is 7.05 Å². The van der Waals surface area contributed by atoms with Gasteiger partial charge in [0, 0.05) is 17.5 Å². The molecular formula is C37H86BrNO4Si3. The van der Waals surface area contributed by atoms with Crippen molar-refractivity contribution < 1.29 is 17.7 Å². The summed E-state index contributed by atoms with van der Waals surface area (Å²) < 4.78 is 24.6. The minimum Gasteiger partial charge on any atom is -0.437 e. The number of unbranched alkanes of at least 4 members (excludes halogenated alkanes) is 4. The summed E-state index contributed by atoms with van der Waals surface area (Å²) in [6.45, 7) is 40.7. The second-order valence-electron chi connectivity index (χ2n) is 18.1. The van der Waals surface area contributed by atoms with Gasteiger partial charge in [-0.25, -0.2) is 0 Å². The molecule has 0 heterocycles. The molecule has 0 aliphatic carbocycles. The molecule has 0 aliphatic heterocycles. The van der Waals surface area contributed by atoms with Crippen LogP contribution >= 0.6 is 15.9 Å². The summed E-state index contributed by atoms with van der Waals surface area (Å²) in [4.78, 5) is 0. The Morgan fingerprint density at radius 3 is 1.28 bits per heavy atom. The van der Waals surface area contributed by atoms with Gasteiger partial charge in [0.2, 0.25) is 0 Å². The monoisotopic (exact) mass is 772 g/mol. The van der Waals surface area contributed by atoms with E-state index < -0.39 is 25.2 Å². The number of ether oxygens (including phenoxy) is 2. The first-order chi connectivity index (χ1) is 20.7. The molecule has 0 aliphatic rings. The number of hydrogen-bond donors (Lipinski definition) is 1. The Bertz CT molecular complexity index is 682. The number of halogens is 1. The number of alkyl halides is 1. The van der Waals surface area contributed by atoms with Crippen LogP contribution in [0.3, 0.4) is 0 Å². The molecule has 0 fully saturated rings. The zero-order valence-corrected chi connectivity index (χ0v) is 39.1. The van der Waals surface area contributed by atoms with Crippen molar-refractivity contribution >= 4 is 41.1 Å². The fraction of sp³-hybridized carbons (Fsp3) is 1.00. The Hall–Kier alpha value is 0.931. The van der Waals surface area contributed by atoms with E-state index in [0.29, 0.717) is 15.2 Å². The normalized spacial score (nSPS) is 13.2. The second kappa shape index (κ2) is 26.7. The number of nitrogens with one attached hydrogen (secondary N) is 1. The summed E-state index contributed by atoms with van der Waals surface area (Å²) in [7, 11) is -3.24. The summed E-state index contributed by atoms with van der Waals surface area (Å²) in [5, 5.41) is 3.09. The largest absolute Gasteiger partial charge is 0.437 e. The van der Waals surface area contributed by atoms with Gasteiger partial charge < -0.3 is 23.0 Å². The maximum atomic E-state index is 6.69. The van der Waals surface area contributed by atoms with Crippen LogP contribution in [0.4, 0.5) is 0 Å². The van der Waals surface area contributed by atoms with Crippen LogP contribution in [0.2, 0.25) is 51.4 Å². The molecule has 0 bridgehead atoms. The number of rotatable bonds is 23. The molecule has 282 valence electrons. The zero-order chi connectivity index (χ0) is 36.6. The minimum atomic E-state index is -2.01. The van der Waals surface area contributed by atoms with Crippen molar-refractivity contribution in [2.45, 2.75) is 189 Å². The van der Waals surface area contributed by atoms with Gasteiger partial charge in [-0.05, 0) is 101 Å². The third-order valence-electron chi connectivity index (χ3n) is 6.94. The Kier molecular flexibility index (Phi) is 29.8. The minimum absolute atomic E-state index is 0.312. The molecular weight excluding hydrogens is 687 g/mol. The van der Waals surface area contributed by atoms with Crippen molar-refractivity contribution in [1.82, 2.24) is 5.32 Å². The summed E-state index contributed by atoms with van der Waals surface area (Å²) in [5.41, 5.74) is 0.911. The third kappa shape index (κ3) is 49.3. The first-order valence-corrected chi connectivity index (χ1v) is 28.5. The topological polar surface area (TPSA) is 49.0 Å². The van der Waals surface area contributed by atoms with Crippen molar-refractivity contribution in [3.63, 3.8) is 0 Å². The average molecular weight is 773 g/mol. The molecule has 0 spiro atoms.